The lowest BCUT2D eigenvalue weighted by molar-refractivity contribution is 0.00816. The van der Waals surface area contributed by atoms with E-state index in [1.165, 1.54) is 0 Å². The van der Waals surface area contributed by atoms with Crippen molar-refractivity contribution in [1.82, 2.24) is 15.7 Å². The summed E-state index contributed by atoms with van der Waals surface area (Å²) in [5.41, 5.74) is 2.88. The van der Waals surface area contributed by atoms with Crippen molar-refractivity contribution < 1.29 is 0 Å². The van der Waals surface area contributed by atoms with E-state index in [9.17, 15) is 0 Å². The van der Waals surface area contributed by atoms with E-state index in [4.69, 9.17) is 0 Å². The van der Waals surface area contributed by atoms with Crippen molar-refractivity contribution in [2.24, 2.45) is 10.3 Å². The molecule has 0 fully saturated rings. The number of rotatable bonds is 0. The molecule has 11 heavy (non-hydrogen) atoms. The van der Waals surface area contributed by atoms with E-state index in [2.05, 4.69) is 22.3 Å². The molecule has 2 aliphatic heterocycles. The second-order valence-electron chi connectivity index (χ2n) is 2.10. The number of nitrogens with zero attached hydrogens (tertiary/aromatic N) is 4. The van der Waals surface area contributed by atoms with Gasteiger partial charge in [-0.3, -0.25) is 5.43 Å². The average molecular weight is 149 g/mol. The highest BCUT2D eigenvalue weighted by Crippen LogP contribution is 2.11. The molecule has 0 unspecified atom stereocenters. The van der Waals surface area contributed by atoms with Crippen LogP contribution >= 0.6 is 0 Å². The first-order chi connectivity index (χ1) is 5.36. The monoisotopic (exact) mass is 149 g/mol. The Morgan fingerprint density at radius 3 is 3.09 bits per heavy atom. The molecule has 5 heteroatoms. The summed E-state index contributed by atoms with van der Waals surface area (Å²) in [5, 5.41) is 10.8. The van der Waals surface area contributed by atoms with Crippen LogP contribution in [0.2, 0.25) is 0 Å². The Morgan fingerprint density at radius 2 is 2.18 bits per heavy atom. The van der Waals surface area contributed by atoms with Crippen molar-refractivity contribution in [3.05, 3.63) is 37.0 Å². The molecular weight excluding hydrogens is 142 g/mol. The van der Waals surface area contributed by atoms with E-state index in [0.717, 1.165) is 0 Å². The Bertz CT molecular complexity index is 264. The van der Waals surface area contributed by atoms with Gasteiger partial charge in [-0.15, -0.1) is 10.2 Å². The summed E-state index contributed by atoms with van der Waals surface area (Å²) in [7, 11) is 0. The van der Waals surface area contributed by atoms with E-state index in [1.54, 1.807) is 16.4 Å². The van der Waals surface area contributed by atoms with Crippen molar-refractivity contribution >= 4 is 0 Å². The van der Waals surface area contributed by atoms with Crippen molar-refractivity contribution in [2.75, 3.05) is 0 Å². The third kappa shape index (κ3) is 0.958. The molecule has 0 aromatic carbocycles. The van der Waals surface area contributed by atoms with Crippen LogP contribution in [0.15, 0.2) is 47.3 Å². The summed E-state index contributed by atoms with van der Waals surface area (Å²) in [5.74, 6) is 0.529. The lowest BCUT2D eigenvalue weighted by atomic mass is 10.5. The predicted octanol–water partition coefficient (Wildman–Crippen LogP) is 0.903. The molecule has 0 saturated carbocycles. The fraction of sp³-hybridized carbons (Fsp3) is 0. The van der Waals surface area contributed by atoms with Crippen LogP contribution in [0, 0.1) is 0 Å². The SMILES string of the molecule is C=C1N=NN2C=CC=CN2N1. The minimum Gasteiger partial charge on any atom is -0.260 e. The zero-order valence-electron chi connectivity index (χ0n) is 5.81. The first-order valence-electron chi connectivity index (χ1n) is 3.17. The van der Waals surface area contributed by atoms with Crippen LogP contribution in [-0.2, 0) is 0 Å². The van der Waals surface area contributed by atoms with Gasteiger partial charge in [-0.25, -0.2) is 0 Å². The summed E-state index contributed by atoms with van der Waals surface area (Å²) in [6, 6.07) is 0. The van der Waals surface area contributed by atoms with E-state index < -0.39 is 0 Å². The van der Waals surface area contributed by atoms with Crippen LogP contribution in [0.4, 0.5) is 0 Å². The molecule has 0 bridgehead atoms. The lowest BCUT2D eigenvalue weighted by Crippen LogP contribution is -2.44. The van der Waals surface area contributed by atoms with Crippen LogP contribution in [-0.4, -0.2) is 10.2 Å². The van der Waals surface area contributed by atoms with E-state index in [1.807, 2.05) is 18.4 Å². The molecule has 1 N–H and O–H groups in total. The zero-order valence-corrected chi connectivity index (χ0v) is 5.81. The van der Waals surface area contributed by atoms with Gasteiger partial charge in [0.2, 0.25) is 0 Å². The smallest absolute Gasteiger partial charge is 0.163 e. The fourth-order valence-electron chi connectivity index (χ4n) is 0.814. The first-order valence-corrected chi connectivity index (χ1v) is 3.17. The molecule has 0 aromatic heterocycles. The van der Waals surface area contributed by atoms with Gasteiger partial charge < -0.3 is 0 Å². The average Bonchev–Trinajstić information content (AvgIpc) is 2.04. The summed E-state index contributed by atoms with van der Waals surface area (Å²) in [6.45, 7) is 3.61. The maximum Gasteiger partial charge on any atom is 0.163 e. The van der Waals surface area contributed by atoms with E-state index in [-0.39, 0.29) is 0 Å². The van der Waals surface area contributed by atoms with Gasteiger partial charge in [-0.1, -0.05) is 6.58 Å². The maximum atomic E-state index is 3.82. The molecule has 5 nitrogen and oxygen atoms in total. The van der Waals surface area contributed by atoms with E-state index in [0.29, 0.717) is 5.82 Å². The van der Waals surface area contributed by atoms with Gasteiger partial charge in [0.25, 0.3) is 0 Å². The number of hydrogen-bond donors (Lipinski definition) is 1. The van der Waals surface area contributed by atoms with E-state index >= 15 is 0 Å². The van der Waals surface area contributed by atoms with Gasteiger partial charge in [0.15, 0.2) is 5.82 Å². The molecule has 0 radical (unpaired) electrons. The molecule has 0 aliphatic carbocycles. The summed E-state index contributed by atoms with van der Waals surface area (Å²) in [4.78, 5) is 0. The van der Waals surface area contributed by atoms with Crippen molar-refractivity contribution in [3.63, 3.8) is 0 Å². The fourth-order valence-corrected chi connectivity index (χ4v) is 0.814. The minimum absolute atomic E-state index is 0.529. The van der Waals surface area contributed by atoms with Gasteiger partial charge in [-0.2, -0.15) is 5.12 Å². The van der Waals surface area contributed by atoms with Crippen LogP contribution in [0.25, 0.3) is 0 Å². The number of fused-ring (bicyclic) bond motifs is 1. The van der Waals surface area contributed by atoms with Gasteiger partial charge >= 0.3 is 0 Å². The highest BCUT2D eigenvalue weighted by molar-refractivity contribution is 5.06. The Labute approximate surface area is 63.9 Å². The molecule has 2 rings (SSSR count). The Hall–Kier alpha value is -1.78. The van der Waals surface area contributed by atoms with Crippen LogP contribution in [0.3, 0.4) is 0 Å². The van der Waals surface area contributed by atoms with Crippen molar-refractivity contribution in [1.29, 1.82) is 0 Å². The Kier molecular flexibility index (Phi) is 1.15. The summed E-state index contributed by atoms with van der Waals surface area (Å²) >= 11 is 0. The quantitative estimate of drug-likeness (QED) is 0.556. The zero-order chi connectivity index (χ0) is 7.68. The normalized spacial score (nSPS) is 20.2. The number of nitrogens with one attached hydrogen (secondary N) is 1. The third-order valence-corrected chi connectivity index (χ3v) is 1.28. The Balaban J connectivity index is 2.26. The first kappa shape index (κ1) is 5.96. The van der Waals surface area contributed by atoms with Crippen molar-refractivity contribution in [2.45, 2.75) is 0 Å². The van der Waals surface area contributed by atoms with Crippen LogP contribution < -0.4 is 5.43 Å². The van der Waals surface area contributed by atoms with Crippen LogP contribution in [0.1, 0.15) is 0 Å². The Morgan fingerprint density at radius 1 is 1.36 bits per heavy atom. The molecule has 0 saturated heterocycles. The maximum absolute atomic E-state index is 3.82. The molecular formula is C6H7N5. The topological polar surface area (TPSA) is 43.2 Å². The standard InChI is InChI=1S/C6H7N5/c1-6-7-9-11-5-3-2-4-10(11)8-6/h2-5,8H,1H2. The molecule has 0 aromatic rings. The van der Waals surface area contributed by atoms with Gasteiger partial charge in [0.05, 0.1) is 6.20 Å². The second kappa shape index (κ2) is 2.12. The lowest BCUT2D eigenvalue weighted by Gasteiger charge is -2.32. The summed E-state index contributed by atoms with van der Waals surface area (Å²) < 4.78 is 0. The third-order valence-electron chi connectivity index (χ3n) is 1.28. The summed E-state index contributed by atoms with van der Waals surface area (Å²) in [6.07, 6.45) is 7.36. The predicted molar refractivity (Wildman–Crippen MR) is 39.1 cm³/mol. The highest BCUT2D eigenvalue weighted by Gasteiger charge is 2.13. The van der Waals surface area contributed by atoms with Crippen LogP contribution in [0.5, 0.6) is 0 Å². The number of allylic oxidation sites excluding steroid dienone is 2. The van der Waals surface area contributed by atoms with Gasteiger partial charge in [-0.05, 0) is 17.4 Å². The van der Waals surface area contributed by atoms with Gasteiger partial charge in [0, 0.05) is 6.20 Å². The second-order valence-corrected chi connectivity index (χ2v) is 2.10. The number of hydrogen-bond acceptors (Lipinski definition) is 5. The minimum atomic E-state index is 0.529. The van der Waals surface area contributed by atoms with Gasteiger partial charge in [0.1, 0.15) is 0 Å². The molecule has 56 valence electrons. The molecule has 2 aliphatic rings. The van der Waals surface area contributed by atoms with Crippen molar-refractivity contribution in [3.8, 4) is 0 Å². The molecule has 0 atom stereocenters. The molecule has 0 amide bonds. The molecule has 0 spiro atoms. The number of hydrazine groups is 2. The molecule has 2 heterocycles. The highest BCUT2D eigenvalue weighted by atomic mass is 15.9. The largest absolute Gasteiger partial charge is 0.260 e.